The summed E-state index contributed by atoms with van der Waals surface area (Å²) >= 11 is 0. The van der Waals surface area contributed by atoms with Crippen molar-refractivity contribution in [3.63, 3.8) is 0 Å². The topological polar surface area (TPSA) is 59.3 Å². The first-order valence-electron chi connectivity index (χ1n) is 4.70. The minimum Gasteiger partial charge on any atom is -0.313 e. The van der Waals surface area contributed by atoms with Crippen molar-refractivity contribution in [1.82, 2.24) is 19.7 Å². The van der Waals surface area contributed by atoms with Crippen molar-refractivity contribution in [2.75, 3.05) is 13.6 Å². The van der Waals surface area contributed by atoms with Gasteiger partial charge in [0, 0.05) is 6.20 Å². The molecule has 0 unspecified atom stereocenters. The molecule has 15 heavy (non-hydrogen) atoms. The fourth-order valence-corrected chi connectivity index (χ4v) is 1.52. The quantitative estimate of drug-likeness (QED) is 0.737. The molecule has 5 nitrogen and oxygen atoms in total. The van der Waals surface area contributed by atoms with E-state index in [9.17, 15) is 4.79 Å². The van der Waals surface area contributed by atoms with Crippen LogP contribution in [0, 0.1) is 6.92 Å². The van der Waals surface area contributed by atoms with Gasteiger partial charge in [0.25, 0.3) is 0 Å². The number of hydrogen-bond donors (Lipinski definition) is 1. The van der Waals surface area contributed by atoms with Crippen LogP contribution in [0.25, 0.3) is 5.65 Å². The monoisotopic (exact) mass is 204 g/mol. The highest BCUT2D eigenvalue weighted by molar-refractivity contribution is 5.97. The maximum absolute atomic E-state index is 11.7. The molecule has 0 fully saturated rings. The third-order valence-electron chi connectivity index (χ3n) is 2.27. The zero-order chi connectivity index (χ0) is 10.8. The third-order valence-corrected chi connectivity index (χ3v) is 2.27. The number of aromatic nitrogens is 3. The molecule has 0 radical (unpaired) electrons. The zero-order valence-electron chi connectivity index (χ0n) is 8.69. The molecule has 0 aliphatic rings. The summed E-state index contributed by atoms with van der Waals surface area (Å²) in [4.78, 5) is 19.9. The Hall–Kier alpha value is -1.75. The lowest BCUT2D eigenvalue weighted by atomic mass is 10.2. The summed E-state index contributed by atoms with van der Waals surface area (Å²) in [7, 11) is 1.74. The highest BCUT2D eigenvalue weighted by atomic mass is 16.1. The lowest BCUT2D eigenvalue weighted by Crippen LogP contribution is -2.19. The van der Waals surface area contributed by atoms with Crippen LogP contribution in [-0.4, -0.2) is 33.7 Å². The van der Waals surface area contributed by atoms with Gasteiger partial charge in [0.15, 0.2) is 5.78 Å². The average Bonchev–Trinajstić information content (AvgIpc) is 2.57. The second-order valence-corrected chi connectivity index (χ2v) is 3.31. The van der Waals surface area contributed by atoms with Gasteiger partial charge in [0.1, 0.15) is 17.7 Å². The summed E-state index contributed by atoms with van der Waals surface area (Å²) in [6.45, 7) is 2.17. The van der Waals surface area contributed by atoms with Gasteiger partial charge in [0.05, 0.1) is 12.2 Å². The Labute approximate surface area is 87.2 Å². The maximum Gasteiger partial charge on any atom is 0.196 e. The smallest absolute Gasteiger partial charge is 0.196 e. The van der Waals surface area contributed by atoms with E-state index in [1.165, 1.54) is 0 Å². The van der Waals surface area contributed by atoms with Crippen LogP contribution in [0.5, 0.6) is 0 Å². The van der Waals surface area contributed by atoms with Gasteiger partial charge in [-0.2, -0.15) is 0 Å². The largest absolute Gasteiger partial charge is 0.313 e. The van der Waals surface area contributed by atoms with E-state index in [-0.39, 0.29) is 5.78 Å². The summed E-state index contributed by atoms with van der Waals surface area (Å²) in [5.41, 5.74) is 2.10. The molecule has 5 heteroatoms. The molecule has 0 aliphatic heterocycles. The van der Waals surface area contributed by atoms with E-state index in [4.69, 9.17) is 0 Å². The number of nitrogens with one attached hydrogen (secondary N) is 1. The summed E-state index contributed by atoms with van der Waals surface area (Å²) in [5, 5.41) is 2.82. The Morgan fingerprint density at radius 2 is 2.40 bits per heavy atom. The van der Waals surface area contributed by atoms with E-state index in [1.54, 1.807) is 25.6 Å². The van der Waals surface area contributed by atoms with Crippen LogP contribution in [0.3, 0.4) is 0 Å². The molecule has 1 N–H and O–H groups in total. The summed E-state index contributed by atoms with van der Waals surface area (Å²) in [6, 6.07) is 1.78. The van der Waals surface area contributed by atoms with E-state index >= 15 is 0 Å². The Morgan fingerprint density at radius 1 is 1.60 bits per heavy atom. The molecule has 2 aromatic heterocycles. The van der Waals surface area contributed by atoms with Gasteiger partial charge in [0.2, 0.25) is 0 Å². The minimum absolute atomic E-state index is 0.00120. The fourth-order valence-electron chi connectivity index (χ4n) is 1.52. The molecule has 78 valence electrons. The predicted octanol–water partition coefficient (Wildman–Crippen LogP) is 0.440. The normalized spacial score (nSPS) is 10.8. The highest BCUT2D eigenvalue weighted by Gasteiger charge is 2.14. The fraction of sp³-hybridized carbons (Fsp3) is 0.300. The van der Waals surface area contributed by atoms with E-state index in [2.05, 4.69) is 15.3 Å². The lowest BCUT2D eigenvalue weighted by Gasteiger charge is -1.97. The van der Waals surface area contributed by atoms with Crippen LogP contribution in [0.1, 0.15) is 16.2 Å². The molecule has 2 rings (SSSR count). The summed E-state index contributed by atoms with van der Waals surface area (Å²) in [6.07, 6.45) is 3.32. The number of fused-ring (bicyclic) bond motifs is 1. The zero-order valence-corrected chi connectivity index (χ0v) is 8.69. The summed E-state index contributed by atoms with van der Waals surface area (Å²) in [5.74, 6) is -0.00120. The molecule has 0 saturated carbocycles. The van der Waals surface area contributed by atoms with Gasteiger partial charge >= 0.3 is 0 Å². The number of carbonyl (C=O) groups excluding carboxylic acids is 1. The predicted molar refractivity (Wildman–Crippen MR) is 56.0 cm³/mol. The molecule has 2 heterocycles. The van der Waals surface area contributed by atoms with Crippen molar-refractivity contribution in [2.24, 2.45) is 0 Å². The van der Waals surface area contributed by atoms with Gasteiger partial charge in [-0.15, -0.1) is 0 Å². The van der Waals surface area contributed by atoms with Crippen LogP contribution in [0.4, 0.5) is 0 Å². The maximum atomic E-state index is 11.7. The second-order valence-electron chi connectivity index (χ2n) is 3.31. The Kier molecular flexibility index (Phi) is 2.47. The van der Waals surface area contributed by atoms with E-state index in [1.807, 2.05) is 11.3 Å². The molecule has 0 saturated heterocycles. The molecule has 0 spiro atoms. The van der Waals surface area contributed by atoms with E-state index < -0.39 is 0 Å². The Bertz CT molecular complexity index is 503. The Morgan fingerprint density at radius 3 is 3.07 bits per heavy atom. The van der Waals surface area contributed by atoms with Crippen LogP contribution in [0.2, 0.25) is 0 Å². The van der Waals surface area contributed by atoms with Crippen molar-refractivity contribution in [3.8, 4) is 0 Å². The number of hydrogen-bond acceptors (Lipinski definition) is 4. The summed E-state index contributed by atoms with van der Waals surface area (Å²) < 4.78 is 1.81. The van der Waals surface area contributed by atoms with Crippen molar-refractivity contribution in [3.05, 3.63) is 30.0 Å². The van der Waals surface area contributed by atoms with Crippen LogP contribution < -0.4 is 5.32 Å². The molecular weight excluding hydrogens is 192 g/mol. The molecule has 2 aromatic rings. The van der Waals surface area contributed by atoms with Crippen molar-refractivity contribution in [2.45, 2.75) is 6.92 Å². The number of ketones is 1. The van der Waals surface area contributed by atoms with E-state index in [0.29, 0.717) is 12.2 Å². The molecule has 0 aromatic carbocycles. The van der Waals surface area contributed by atoms with E-state index in [0.717, 1.165) is 11.3 Å². The van der Waals surface area contributed by atoms with Gasteiger partial charge in [-0.1, -0.05) is 0 Å². The van der Waals surface area contributed by atoms with Gasteiger partial charge in [-0.05, 0) is 20.0 Å². The standard InChI is InChI=1S/C10H12N4O/c1-7-10(8(15)5-11-2)13-9-3-4-12-6-14(7)9/h3-4,6,11H,5H2,1-2H3. The number of aryl methyl sites for hydroxylation is 1. The van der Waals surface area contributed by atoms with Crippen LogP contribution in [0.15, 0.2) is 18.6 Å². The lowest BCUT2D eigenvalue weighted by molar-refractivity contribution is 0.0989. The SMILES string of the molecule is CNCC(=O)c1nc2ccncn2c1C. The highest BCUT2D eigenvalue weighted by Crippen LogP contribution is 2.10. The van der Waals surface area contributed by atoms with Crippen LogP contribution >= 0.6 is 0 Å². The van der Waals surface area contributed by atoms with Crippen molar-refractivity contribution >= 4 is 11.4 Å². The van der Waals surface area contributed by atoms with Gasteiger partial charge < -0.3 is 5.32 Å². The van der Waals surface area contributed by atoms with Gasteiger partial charge in [-0.25, -0.2) is 9.97 Å². The molecule has 0 bridgehead atoms. The Balaban J connectivity index is 2.53. The second kappa shape index (κ2) is 3.78. The first-order chi connectivity index (χ1) is 7.24. The third kappa shape index (κ3) is 1.61. The minimum atomic E-state index is -0.00120. The average molecular weight is 204 g/mol. The number of rotatable bonds is 3. The first-order valence-corrected chi connectivity index (χ1v) is 4.70. The number of likely N-dealkylation sites (N-methyl/N-ethyl adjacent to an activating group) is 1. The molecule has 0 aliphatic carbocycles. The molecule has 0 amide bonds. The van der Waals surface area contributed by atoms with Gasteiger partial charge in [-0.3, -0.25) is 9.20 Å². The number of carbonyl (C=O) groups is 1. The number of nitrogens with zero attached hydrogens (tertiary/aromatic N) is 3. The molecule has 0 atom stereocenters. The van der Waals surface area contributed by atoms with Crippen molar-refractivity contribution in [1.29, 1.82) is 0 Å². The van der Waals surface area contributed by atoms with Crippen LogP contribution in [-0.2, 0) is 0 Å². The number of imidazole rings is 1. The van der Waals surface area contributed by atoms with Crippen molar-refractivity contribution < 1.29 is 4.79 Å². The molecular formula is C10H12N4O. The number of Topliss-reactive ketones (excluding diaryl/α,β-unsaturated/α-hetero) is 1. The first kappa shape index (κ1) is 9.79.